The van der Waals surface area contributed by atoms with E-state index in [0.29, 0.717) is 18.2 Å². The molecule has 0 aromatic heterocycles. The van der Waals surface area contributed by atoms with Crippen LogP contribution < -0.4 is 5.32 Å². The second-order valence-corrected chi connectivity index (χ2v) is 4.83. The van der Waals surface area contributed by atoms with Gasteiger partial charge in [0.25, 0.3) is 0 Å². The summed E-state index contributed by atoms with van der Waals surface area (Å²) in [6.45, 7) is 5.38. The standard InChI is InChI=1S/C14H20F2N2.ClH/c1-2-4-12-9-17-7-8-18(12)10-11-5-3-6-13(15)14(11)16;/h3,5-6,12,17H,2,4,7-10H2,1H3;1H. The fourth-order valence-electron chi connectivity index (χ4n) is 2.52. The summed E-state index contributed by atoms with van der Waals surface area (Å²) < 4.78 is 26.8. The first-order valence-electron chi connectivity index (χ1n) is 6.60. The van der Waals surface area contributed by atoms with Gasteiger partial charge < -0.3 is 5.32 Å². The SMILES string of the molecule is CCCC1CNCCN1Cc1cccc(F)c1F.Cl. The van der Waals surface area contributed by atoms with Crippen LogP contribution in [0.25, 0.3) is 0 Å². The summed E-state index contributed by atoms with van der Waals surface area (Å²) in [7, 11) is 0. The third kappa shape index (κ3) is 4.13. The molecule has 1 N–H and O–H groups in total. The molecule has 0 spiro atoms. The van der Waals surface area contributed by atoms with Gasteiger partial charge in [0.15, 0.2) is 11.6 Å². The zero-order chi connectivity index (χ0) is 13.0. The van der Waals surface area contributed by atoms with Gasteiger partial charge in [-0.15, -0.1) is 12.4 Å². The van der Waals surface area contributed by atoms with Crippen molar-refractivity contribution in [2.75, 3.05) is 19.6 Å². The number of benzene rings is 1. The molecule has 1 aliphatic rings. The molecule has 0 saturated carbocycles. The van der Waals surface area contributed by atoms with Crippen molar-refractivity contribution >= 4 is 12.4 Å². The zero-order valence-electron chi connectivity index (χ0n) is 11.2. The van der Waals surface area contributed by atoms with E-state index < -0.39 is 11.6 Å². The molecule has 1 atom stereocenters. The summed E-state index contributed by atoms with van der Waals surface area (Å²) in [5, 5.41) is 3.35. The summed E-state index contributed by atoms with van der Waals surface area (Å²) >= 11 is 0. The molecule has 1 aromatic rings. The van der Waals surface area contributed by atoms with Crippen LogP contribution in [0, 0.1) is 11.6 Å². The summed E-state index contributed by atoms with van der Waals surface area (Å²) in [4.78, 5) is 2.25. The van der Waals surface area contributed by atoms with Crippen LogP contribution in [0.4, 0.5) is 8.78 Å². The predicted molar refractivity (Wildman–Crippen MR) is 75.6 cm³/mol. The Bertz CT molecular complexity index is 399. The van der Waals surface area contributed by atoms with Crippen molar-refractivity contribution in [3.63, 3.8) is 0 Å². The van der Waals surface area contributed by atoms with Crippen molar-refractivity contribution in [3.05, 3.63) is 35.4 Å². The Hall–Kier alpha value is -0.710. The number of hydrogen-bond acceptors (Lipinski definition) is 2. The van der Waals surface area contributed by atoms with E-state index in [1.807, 2.05) is 0 Å². The Labute approximate surface area is 119 Å². The minimum Gasteiger partial charge on any atom is -0.314 e. The minimum absolute atomic E-state index is 0. The monoisotopic (exact) mass is 290 g/mol. The smallest absolute Gasteiger partial charge is 0.163 e. The van der Waals surface area contributed by atoms with Crippen LogP contribution >= 0.6 is 12.4 Å². The van der Waals surface area contributed by atoms with Crippen LogP contribution in [0.2, 0.25) is 0 Å². The minimum atomic E-state index is -0.755. The van der Waals surface area contributed by atoms with E-state index in [-0.39, 0.29) is 12.4 Å². The number of nitrogens with zero attached hydrogens (tertiary/aromatic N) is 1. The molecule has 108 valence electrons. The molecule has 1 fully saturated rings. The lowest BCUT2D eigenvalue weighted by Gasteiger charge is -2.36. The first-order chi connectivity index (χ1) is 8.72. The zero-order valence-corrected chi connectivity index (χ0v) is 12.0. The van der Waals surface area contributed by atoms with E-state index in [2.05, 4.69) is 17.1 Å². The van der Waals surface area contributed by atoms with Crippen molar-refractivity contribution in [2.24, 2.45) is 0 Å². The molecule has 19 heavy (non-hydrogen) atoms. The first-order valence-corrected chi connectivity index (χ1v) is 6.60. The number of nitrogens with one attached hydrogen (secondary N) is 1. The second kappa shape index (κ2) is 7.78. The molecule has 0 amide bonds. The summed E-state index contributed by atoms with van der Waals surface area (Å²) in [6.07, 6.45) is 2.19. The Morgan fingerprint density at radius 3 is 2.89 bits per heavy atom. The van der Waals surface area contributed by atoms with E-state index in [4.69, 9.17) is 0 Å². The highest BCUT2D eigenvalue weighted by atomic mass is 35.5. The molecule has 1 heterocycles. The average Bonchev–Trinajstić information content (AvgIpc) is 2.37. The number of halogens is 3. The molecule has 1 aliphatic heterocycles. The van der Waals surface area contributed by atoms with Crippen molar-refractivity contribution in [3.8, 4) is 0 Å². The van der Waals surface area contributed by atoms with Crippen LogP contribution in [0.1, 0.15) is 25.3 Å². The van der Waals surface area contributed by atoms with Crippen molar-refractivity contribution in [2.45, 2.75) is 32.4 Å². The van der Waals surface area contributed by atoms with Crippen LogP contribution in [0.5, 0.6) is 0 Å². The lowest BCUT2D eigenvalue weighted by atomic mass is 10.1. The normalized spacial score (nSPS) is 20.1. The maximum absolute atomic E-state index is 13.7. The molecule has 2 rings (SSSR count). The van der Waals surface area contributed by atoms with E-state index in [9.17, 15) is 8.78 Å². The molecule has 0 bridgehead atoms. The van der Waals surface area contributed by atoms with Gasteiger partial charge in [0.2, 0.25) is 0 Å². The van der Waals surface area contributed by atoms with Crippen LogP contribution in [0.15, 0.2) is 18.2 Å². The lowest BCUT2D eigenvalue weighted by Crippen LogP contribution is -2.50. The first kappa shape index (κ1) is 16.3. The van der Waals surface area contributed by atoms with Crippen molar-refractivity contribution in [1.82, 2.24) is 10.2 Å². The topological polar surface area (TPSA) is 15.3 Å². The molecular weight excluding hydrogens is 270 g/mol. The molecule has 0 aliphatic carbocycles. The third-order valence-electron chi connectivity index (χ3n) is 3.50. The number of piperazine rings is 1. The maximum Gasteiger partial charge on any atom is 0.163 e. The lowest BCUT2D eigenvalue weighted by molar-refractivity contribution is 0.142. The number of hydrogen-bond donors (Lipinski definition) is 1. The van der Waals surface area contributed by atoms with Crippen LogP contribution in [-0.4, -0.2) is 30.6 Å². The summed E-state index contributed by atoms with van der Waals surface area (Å²) in [5.74, 6) is -1.46. The highest BCUT2D eigenvalue weighted by molar-refractivity contribution is 5.85. The Balaban J connectivity index is 0.00000180. The van der Waals surface area contributed by atoms with E-state index in [0.717, 1.165) is 32.5 Å². The van der Waals surface area contributed by atoms with Crippen LogP contribution in [-0.2, 0) is 6.54 Å². The molecule has 0 radical (unpaired) electrons. The maximum atomic E-state index is 13.7. The molecular formula is C14H21ClF2N2. The average molecular weight is 291 g/mol. The molecule has 5 heteroatoms. The number of rotatable bonds is 4. The highest BCUT2D eigenvalue weighted by Crippen LogP contribution is 2.17. The van der Waals surface area contributed by atoms with Gasteiger partial charge in [-0.2, -0.15) is 0 Å². The Morgan fingerprint density at radius 1 is 1.37 bits per heavy atom. The van der Waals surface area contributed by atoms with Gasteiger partial charge in [0.1, 0.15) is 0 Å². The van der Waals surface area contributed by atoms with Gasteiger partial charge in [-0.25, -0.2) is 8.78 Å². The van der Waals surface area contributed by atoms with Gasteiger partial charge in [-0.3, -0.25) is 4.90 Å². The fraction of sp³-hybridized carbons (Fsp3) is 0.571. The van der Waals surface area contributed by atoms with Gasteiger partial charge in [0.05, 0.1) is 0 Å². The molecule has 1 saturated heterocycles. The Morgan fingerprint density at radius 2 is 2.16 bits per heavy atom. The van der Waals surface area contributed by atoms with E-state index >= 15 is 0 Å². The molecule has 1 unspecified atom stereocenters. The predicted octanol–water partition coefficient (Wildman–Crippen LogP) is 2.96. The van der Waals surface area contributed by atoms with Gasteiger partial charge in [-0.05, 0) is 12.5 Å². The fourth-order valence-corrected chi connectivity index (χ4v) is 2.52. The largest absolute Gasteiger partial charge is 0.314 e. The second-order valence-electron chi connectivity index (χ2n) is 4.83. The summed E-state index contributed by atoms with van der Waals surface area (Å²) in [6, 6.07) is 4.83. The third-order valence-corrected chi connectivity index (χ3v) is 3.50. The van der Waals surface area contributed by atoms with Crippen molar-refractivity contribution < 1.29 is 8.78 Å². The molecule has 1 aromatic carbocycles. The molecule has 2 nitrogen and oxygen atoms in total. The van der Waals surface area contributed by atoms with Crippen molar-refractivity contribution in [1.29, 1.82) is 0 Å². The quantitative estimate of drug-likeness (QED) is 0.917. The van der Waals surface area contributed by atoms with Gasteiger partial charge in [-0.1, -0.05) is 25.5 Å². The Kier molecular flexibility index (Phi) is 6.69. The van der Waals surface area contributed by atoms with E-state index in [1.54, 1.807) is 12.1 Å². The van der Waals surface area contributed by atoms with E-state index in [1.165, 1.54) is 6.07 Å². The summed E-state index contributed by atoms with van der Waals surface area (Å²) in [5.41, 5.74) is 0.456. The van der Waals surface area contributed by atoms with Crippen LogP contribution in [0.3, 0.4) is 0 Å². The van der Waals surface area contributed by atoms with Gasteiger partial charge >= 0.3 is 0 Å². The van der Waals surface area contributed by atoms with Gasteiger partial charge in [0, 0.05) is 37.8 Å². The highest BCUT2D eigenvalue weighted by Gasteiger charge is 2.22.